The third kappa shape index (κ3) is 6.25. The summed E-state index contributed by atoms with van der Waals surface area (Å²) >= 11 is 0. The molecule has 0 aromatic heterocycles. The van der Waals surface area contributed by atoms with Crippen molar-refractivity contribution >= 4 is 5.96 Å². The van der Waals surface area contributed by atoms with Gasteiger partial charge in [-0.2, -0.15) is 0 Å². The molecular weight excluding hydrogens is 224 g/mol. The molecule has 1 aromatic carbocycles. The molecule has 0 aliphatic heterocycles. The minimum atomic E-state index is 0.780. The van der Waals surface area contributed by atoms with Crippen molar-refractivity contribution in [3.63, 3.8) is 0 Å². The van der Waals surface area contributed by atoms with Gasteiger partial charge in [0.05, 0.1) is 6.54 Å². The molecule has 100 valence electrons. The summed E-state index contributed by atoms with van der Waals surface area (Å²) in [5.74, 6) is 0.890. The van der Waals surface area contributed by atoms with Gasteiger partial charge >= 0.3 is 0 Å². The number of hydrogen-bond donors (Lipinski definition) is 3. The maximum Gasteiger partial charge on any atom is 0.191 e. The topological polar surface area (TPSA) is 48.5 Å². The maximum absolute atomic E-state index is 4.47. The van der Waals surface area contributed by atoms with Crippen LogP contribution in [0.25, 0.3) is 0 Å². The van der Waals surface area contributed by atoms with E-state index in [0.29, 0.717) is 0 Å². The van der Waals surface area contributed by atoms with E-state index >= 15 is 0 Å². The third-order valence-electron chi connectivity index (χ3n) is 2.42. The smallest absolute Gasteiger partial charge is 0.191 e. The molecule has 0 amide bonds. The van der Waals surface area contributed by atoms with E-state index in [0.717, 1.165) is 38.7 Å². The van der Waals surface area contributed by atoms with Gasteiger partial charge in [0.1, 0.15) is 0 Å². The van der Waals surface area contributed by atoms with Gasteiger partial charge in [0, 0.05) is 26.2 Å². The Kier molecular flexibility index (Phi) is 7.64. The van der Waals surface area contributed by atoms with Crippen LogP contribution in [-0.2, 0) is 6.54 Å². The summed E-state index contributed by atoms with van der Waals surface area (Å²) < 4.78 is 0. The van der Waals surface area contributed by atoms with Crippen LogP contribution in [0, 0.1) is 0 Å². The highest BCUT2D eigenvalue weighted by Crippen LogP contribution is 1.96. The highest BCUT2D eigenvalue weighted by molar-refractivity contribution is 5.79. The van der Waals surface area contributed by atoms with Gasteiger partial charge in [-0.25, -0.2) is 0 Å². The summed E-state index contributed by atoms with van der Waals surface area (Å²) in [7, 11) is 0. The highest BCUT2D eigenvalue weighted by Gasteiger charge is 1.93. The van der Waals surface area contributed by atoms with Crippen LogP contribution in [0.4, 0.5) is 0 Å². The number of guanidine groups is 1. The maximum atomic E-state index is 4.47. The van der Waals surface area contributed by atoms with Crippen molar-refractivity contribution in [1.29, 1.82) is 0 Å². The fourth-order valence-corrected chi connectivity index (χ4v) is 1.58. The normalized spacial score (nSPS) is 9.89. The molecule has 4 heteroatoms. The lowest BCUT2D eigenvalue weighted by atomic mass is 10.2. The summed E-state index contributed by atoms with van der Waals surface area (Å²) in [6.45, 7) is 8.49. The molecule has 0 saturated heterocycles. The molecule has 0 aliphatic carbocycles. The molecule has 0 bridgehead atoms. The van der Waals surface area contributed by atoms with Crippen LogP contribution in [0.2, 0.25) is 0 Å². The molecule has 0 aliphatic rings. The van der Waals surface area contributed by atoms with Crippen molar-refractivity contribution in [2.24, 2.45) is 4.99 Å². The predicted octanol–water partition coefficient (Wildman–Crippen LogP) is 1.35. The Hall–Kier alpha value is -1.55. The molecule has 0 radical (unpaired) electrons. The number of rotatable bonds is 7. The first-order chi connectivity index (χ1) is 8.86. The number of benzene rings is 1. The zero-order valence-corrected chi connectivity index (χ0v) is 11.4. The Bertz CT molecular complexity index is 327. The summed E-state index contributed by atoms with van der Waals surface area (Å²) in [6, 6.07) is 10.4. The molecular formula is C14H24N4. The van der Waals surface area contributed by atoms with Crippen LogP contribution in [0.3, 0.4) is 0 Å². The van der Waals surface area contributed by atoms with Gasteiger partial charge in [0.2, 0.25) is 0 Å². The van der Waals surface area contributed by atoms with Crippen LogP contribution in [0.15, 0.2) is 35.3 Å². The molecule has 1 rings (SSSR count). The summed E-state index contributed by atoms with van der Waals surface area (Å²) in [4.78, 5) is 4.47. The van der Waals surface area contributed by atoms with Gasteiger partial charge in [0.25, 0.3) is 0 Å². The van der Waals surface area contributed by atoms with E-state index in [-0.39, 0.29) is 0 Å². The predicted molar refractivity (Wildman–Crippen MR) is 77.8 cm³/mol. The molecule has 0 saturated carbocycles. The van der Waals surface area contributed by atoms with Crippen LogP contribution < -0.4 is 16.0 Å². The quantitative estimate of drug-likeness (QED) is 0.388. The first-order valence-electron chi connectivity index (χ1n) is 6.63. The first-order valence-corrected chi connectivity index (χ1v) is 6.63. The van der Waals surface area contributed by atoms with E-state index in [4.69, 9.17) is 0 Å². The van der Waals surface area contributed by atoms with Crippen LogP contribution in [0.1, 0.15) is 19.4 Å². The average molecular weight is 248 g/mol. The number of nitrogens with one attached hydrogen (secondary N) is 3. The minimum absolute atomic E-state index is 0.780. The van der Waals surface area contributed by atoms with Gasteiger partial charge in [-0.3, -0.25) is 4.99 Å². The monoisotopic (exact) mass is 248 g/mol. The van der Waals surface area contributed by atoms with E-state index in [2.05, 4.69) is 59.1 Å². The van der Waals surface area contributed by atoms with Gasteiger partial charge in [-0.15, -0.1) is 0 Å². The minimum Gasteiger partial charge on any atom is -0.357 e. The molecule has 0 fully saturated rings. The molecule has 18 heavy (non-hydrogen) atoms. The van der Waals surface area contributed by atoms with E-state index in [9.17, 15) is 0 Å². The Morgan fingerprint density at radius 3 is 2.33 bits per heavy atom. The first kappa shape index (κ1) is 14.5. The fraction of sp³-hybridized carbons (Fsp3) is 0.500. The van der Waals surface area contributed by atoms with Gasteiger partial charge in [0.15, 0.2) is 5.96 Å². The lowest BCUT2D eigenvalue weighted by molar-refractivity contribution is 0.690. The second-order valence-electron chi connectivity index (χ2n) is 3.95. The Labute approximate surface area is 110 Å². The van der Waals surface area contributed by atoms with E-state index in [1.807, 2.05) is 6.07 Å². The fourth-order valence-electron chi connectivity index (χ4n) is 1.58. The lowest BCUT2D eigenvalue weighted by Crippen LogP contribution is -2.37. The van der Waals surface area contributed by atoms with Gasteiger partial charge in [-0.05, 0) is 19.4 Å². The van der Waals surface area contributed by atoms with Crippen molar-refractivity contribution in [2.75, 3.05) is 26.2 Å². The molecule has 3 N–H and O–H groups in total. The molecule has 0 atom stereocenters. The highest BCUT2D eigenvalue weighted by atomic mass is 15.2. The Morgan fingerprint density at radius 1 is 1.06 bits per heavy atom. The average Bonchev–Trinajstić information content (AvgIpc) is 2.40. The van der Waals surface area contributed by atoms with Crippen molar-refractivity contribution in [2.45, 2.75) is 20.4 Å². The number of aliphatic imine (C=N–C) groups is 1. The van der Waals surface area contributed by atoms with E-state index in [1.165, 1.54) is 5.56 Å². The van der Waals surface area contributed by atoms with Gasteiger partial charge in [-0.1, -0.05) is 30.3 Å². The van der Waals surface area contributed by atoms with Crippen molar-refractivity contribution in [1.82, 2.24) is 16.0 Å². The summed E-state index contributed by atoms with van der Waals surface area (Å²) in [5, 5.41) is 9.79. The molecule has 1 aromatic rings. The molecule has 0 heterocycles. The second-order valence-corrected chi connectivity index (χ2v) is 3.95. The zero-order chi connectivity index (χ0) is 13.1. The van der Waals surface area contributed by atoms with Crippen LogP contribution in [0.5, 0.6) is 0 Å². The van der Waals surface area contributed by atoms with Crippen LogP contribution in [-0.4, -0.2) is 32.1 Å². The lowest BCUT2D eigenvalue weighted by Gasteiger charge is -2.09. The molecule has 4 nitrogen and oxygen atoms in total. The SMILES string of the molecule is CCNC(=NCCNCc1ccccc1)NCC. The zero-order valence-electron chi connectivity index (χ0n) is 11.4. The Balaban J connectivity index is 2.18. The third-order valence-corrected chi connectivity index (χ3v) is 2.42. The molecule has 0 spiro atoms. The standard InChI is InChI=1S/C14H24N4/c1-3-16-14(17-4-2)18-11-10-15-12-13-8-6-5-7-9-13/h5-9,15H,3-4,10-12H2,1-2H3,(H2,16,17,18). The van der Waals surface area contributed by atoms with Crippen molar-refractivity contribution < 1.29 is 0 Å². The summed E-state index contributed by atoms with van der Waals surface area (Å²) in [6.07, 6.45) is 0. The van der Waals surface area contributed by atoms with E-state index < -0.39 is 0 Å². The molecule has 0 unspecified atom stereocenters. The number of hydrogen-bond acceptors (Lipinski definition) is 2. The Morgan fingerprint density at radius 2 is 1.72 bits per heavy atom. The van der Waals surface area contributed by atoms with Crippen molar-refractivity contribution in [3.05, 3.63) is 35.9 Å². The van der Waals surface area contributed by atoms with Crippen LogP contribution >= 0.6 is 0 Å². The number of nitrogens with zero attached hydrogens (tertiary/aromatic N) is 1. The van der Waals surface area contributed by atoms with Crippen molar-refractivity contribution in [3.8, 4) is 0 Å². The second kappa shape index (κ2) is 9.48. The summed E-state index contributed by atoms with van der Waals surface area (Å²) in [5.41, 5.74) is 1.31. The van der Waals surface area contributed by atoms with E-state index in [1.54, 1.807) is 0 Å². The van der Waals surface area contributed by atoms with Gasteiger partial charge < -0.3 is 16.0 Å². The largest absolute Gasteiger partial charge is 0.357 e.